The van der Waals surface area contributed by atoms with Crippen molar-refractivity contribution < 1.29 is 17.9 Å². The van der Waals surface area contributed by atoms with Gasteiger partial charge in [-0.2, -0.15) is 13.2 Å². The van der Waals surface area contributed by atoms with Gasteiger partial charge in [-0.25, -0.2) is 0 Å². The summed E-state index contributed by atoms with van der Waals surface area (Å²) in [5.74, 6) is -0.306. The Balaban J connectivity index is 2.65. The molecule has 0 atom stereocenters. The standard InChI is InChI=1S/C15H21F3N2O/c1-2-3-4-5-6-9-21-11-7-8-13(15(16,17)18)12(10-11)14(19)20/h7-8,10H,2-6,9H2,1H3,(H3,19,20). The number of amidine groups is 1. The smallest absolute Gasteiger partial charge is 0.417 e. The summed E-state index contributed by atoms with van der Waals surface area (Å²) < 4.78 is 43.7. The van der Waals surface area contributed by atoms with E-state index in [0.29, 0.717) is 12.4 Å². The van der Waals surface area contributed by atoms with Crippen molar-refractivity contribution >= 4 is 5.84 Å². The van der Waals surface area contributed by atoms with Gasteiger partial charge in [0.05, 0.1) is 12.2 Å². The molecule has 3 nitrogen and oxygen atoms in total. The van der Waals surface area contributed by atoms with E-state index >= 15 is 0 Å². The van der Waals surface area contributed by atoms with Crippen LogP contribution in [-0.2, 0) is 6.18 Å². The third kappa shape index (κ3) is 5.65. The van der Waals surface area contributed by atoms with Crippen LogP contribution in [0.25, 0.3) is 0 Å². The van der Waals surface area contributed by atoms with Crippen molar-refractivity contribution in [1.29, 1.82) is 5.41 Å². The van der Waals surface area contributed by atoms with E-state index in [0.717, 1.165) is 31.7 Å². The highest BCUT2D eigenvalue weighted by atomic mass is 19.4. The third-order valence-corrected chi connectivity index (χ3v) is 3.10. The Morgan fingerprint density at radius 3 is 2.43 bits per heavy atom. The highest BCUT2D eigenvalue weighted by Crippen LogP contribution is 2.33. The Labute approximate surface area is 122 Å². The van der Waals surface area contributed by atoms with E-state index in [9.17, 15) is 13.2 Å². The van der Waals surface area contributed by atoms with Gasteiger partial charge in [-0.05, 0) is 24.6 Å². The van der Waals surface area contributed by atoms with Crippen molar-refractivity contribution in [3.8, 4) is 5.75 Å². The number of nitrogens with two attached hydrogens (primary N) is 1. The van der Waals surface area contributed by atoms with Crippen molar-refractivity contribution in [3.05, 3.63) is 29.3 Å². The minimum absolute atomic E-state index is 0.309. The first kappa shape index (κ1) is 17.3. The zero-order valence-electron chi connectivity index (χ0n) is 12.1. The van der Waals surface area contributed by atoms with E-state index in [4.69, 9.17) is 15.9 Å². The van der Waals surface area contributed by atoms with Gasteiger partial charge in [0.1, 0.15) is 11.6 Å². The Kier molecular flexibility index (Phi) is 6.52. The predicted octanol–water partition coefficient (Wildman–Crippen LogP) is 4.34. The maximum absolute atomic E-state index is 12.8. The molecule has 1 aromatic carbocycles. The number of unbranched alkanes of at least 4 members (excludes halogenated alkanes) is 4. The minimum Gasteiger partial charge on any atom is -0.494 e. The molecule has 1 rings (SSSR count). The number of nitrogens with one attached hydrogen (secondary N) is 1. The van der Waals surface area contributed by atoms with Gasteiger partial charge in [0.15, 0.2) is 0 Å². The Bertz CT molecular complexity index is 472. The molecule has 0 aliphatic heterocycles. The van der Waals surface area contributed by atoms with Gasteiger partial charge in [-0.3, -0.25) is 5.41 Å². The summed E-state index contributed by atoms with van der Waals surface area (Å²) >= 11 is 0. The number of ether oxygens (including phenoxy) is 1. The number of halogens is 3. The normalized spacial score (nSPS) is 11.4. The maximum atomic E-state index is 12.8. The predicted molar refractivity (Wildman–Crippen MR) is 76.7 cm³/mol. The molecule has 1 aromatic rings. The summed E-state index contributed by atoms with van der Waals surface area (Å²) in [7, 11) is 0. The molecule has 0 saturated carbocycles. The summed E-state index contributed by atoms with van der Waals surface area (Å²) in [5, 5.41) is 7.26. The van der Waals surface area contributed by atoms with Crippen molar-refractivity contribution in [2.24, 2.45) is 5.73 Å². The monoisotopic (exact) mass is 302 g/mol. The van der Waals surface area contributed by atoms with Crippen molar-refractivity contribution in [2.75, 3.05) is 6.61 Å². The lowest BCUT2D eigenvalue weighted by Crippen LogP contribution is -2.19. The first-order valence-electron chi connectivity index (χ1n) is 7.04. The Morgan fingerprint density at radius 1 is 1.19 bits per heavy atom. The average molecular weight is 302 g/mol. The second kappa shape index (κ2) is 7.90. The van der Waals surface area contributed by atoms with Crippen LogP contribution in [0.5, 0.6) is 5.75 Å². The summed E-state index contributed by atoms with van der Waals surface area (Å²) in [4.78, 5) is 0. The number of nitrogen functional groups attached to an aromatic ring is 1. The highest BCUT2D eigenvalue weighted by molar-refractivity contribution is 5.97. The molecule has 118 valence electrons. The van der Waals surface area contributed by atoms with Crippen molar-refractivity contribution in [1.82, 2.24) is 0 Å². The van der Waals surface area contributed by atoms with E-state index in [2.05, 4.69) is 6.92 Å². The van der Waals surface area contributed by atoms with Crippen LogP contribution in [0.1, 0.15) is 50.2 Å². The molecule has 0 unspecified atom stereocenters. The molecule has 0 heterocycles. The van der Waals surface area contributed by atoms with Gasteiger partial charge in [0.2, 0.25) is 0 Å². The van der Waals surface area contributed by atoms with Crippen LogP contribution in [0.3, 0.4) is 0 Å². The Hall–Kier alpha value is -1.72. The molecule has 6 heteroatoms. The number of hydrogen-bond donors (Lipinski definition) is 2. The van der Waals surface area contributed by atoms with Gasteiger partial charge < -0.3 is 10.5 Å². The zero-order chi connectivity index (χ0) is 15.9. The zero-order valence-corrected chi connectivity index (χ0v) is 12.1. The van der Waals surface area contributed by atoms with Gasteiger partial charge in [0.25, 0.3) is 0 Å². The van der Waals surface area contributed by atoms with Crippen LogP contribution in [0, 0.1) is 5.41 Å². The molecule has 0 amide bonds. The van der Waals surface area contributed by atoms with Crippen LogP contribution in [0.2, 0.25) is 0 Å². The molecule has 21 heavy (non-hydrogen) atoms. The fourth-order valence-electron chi connectivity index (χ4n) is 1.98. The van der Waals surface area contributed by atoms with Crippen LogP contribution in [-0.4, -0.2) is 12.4 Å². The highest BCUT2D eigenvalue weighted by Gasteiger charge is 2.34. The molecule has 0 aliphatic carbocycles. The quantitative estimate of drug-likeness (QED) is 0.426. The first-order valence-corrected chi connectivity index (χ1v) is 7.04. The molecule has 3 N–H and O–H groups in total. The van der Waals surface area contributed by atoms with Crippen LogP contribution < -0.4 is 10.5 Å². The molecular weight excluding hydrogens is 281 g/mol. The lowest BCUT2D eigenvalue weighted by molar-refractivity contribution is -0.137. The molecule has 0 radical (unpaired) electrons. The number of alkyl halides is 3. The first-order chi connectivity index (χ1) is 9.86. The summed E-state index contributed by atoms with van der Waals surface area (Å²) in [6.45, 7) is 2.58. The van der Waals surface area contributed by atoms with E-state index in [1.807, 2.05) is 0 Å². The lowest BCUT2D eigenvalue weighted by Gasteiger charge is -2.14. The molecule has 0 saturated heterocycles. The minimum atomic E-state index is -4.53. The van der Waals surface area contributed by atoms with Crippen LogP contribution in [0.4, 0.5) is 13.2 Å². The van der Waals surface area contributed by atoms with E-state index < -0.39 is 17.6 Å². The van der Waals surface area contributed by atoms with Gasteiger partial charge in [-0.1, -0.05) is 32.6 Å². The SMILES string of the molecule is CCCCCCCOc1ccc(C(F)(F)F)c(C(=N)N)c1. The molecule has 0 fully saturated rings. The molecule has 0 aliphatic rings. The topological polar surface area (TPSA) is 59.1 Å². The maximum Gasteiger partial charge on any atom is 0.417 e. The molecule has 0 aromatic heterocycles. The summed E-state index contributed by atoms with van der Waals surface area (Å²) in [5.41, 5.74) is 3.96. The molecule has 0 bridgehead atoms. The second-order valence-electron chi connectivity index (χ2n) is 4.88. The molecule has 0 spiro atoms. The van der Waals surface area contributed by atoms with Crippen LogP contribution in [0.15, 0.2) is 18.2 Å². The fraction of sp³-hybridized carbons (Fsp3) is 0.533. The Morgan fingerprint density at radius 2 is 1.86 bits per heavy atom. The number of rotatable bonds is 8. The lowest BCUT2D eigenvalue weighted by atomic mass is 10.1. The average Bonchev–Trinajstić information content (AvgIpc) is 2.41. The van der Waals surface area contributed by atoms with Gasteiger partial charge in [0, 0.05) is 5.56 Å². The largest absolute Gasteiger partial charge is 0.494 e. The van der Waals surface area contributed by atoms with Gasteiger partial charge in [-0.15, -0.1) is 0 Å². The van der Waals surface area contributed by atoms with E-state index in [1.54, 1.807) is 0 Å². The van der Waals surface area contributed by atoms with Crippen molar-refractivity contribution in [2.45, 2.75) is 45.2 Å². The summed E-state index contributed by atoms with van der Waals surface area (Å²) in [6.07, 6.45) is 0.826. The van der Waals surface area contributed by atoms with E-state index in [1.165, 1.54) is 18.6 Å². The van der Waals surface area contributed by atoms with Crippen LogP contribution >= 0.6 is 0 Å². The fourth-order valence-corrected chi connectivity index (χ4v) is 1.98. The molecular formula is C15H21F3N2O. The van der Waals surface area contributed by atoms with E-state index in [-0.39, 0.29) is 5.56 Å². The summed E-state index contributed by atoms with van der Waals surface area (Å²) in [6, 6.07) is 3.35. The van der Waals surface area contributed by atoms with Crippen molar-refractivity contribution in [3.63, 3.8) is 0 Å². The third-order valence-electron chi connectivity index (χ3n) is 3.10. The number of hydrogen-bond acceptors (Lipinski definition) is 2. The van der Waals surface area contributed by atoms with Gasteiger partial charge >= 0.3 is 6.18 Å². The number of benzene rings is 1. The second-order valence-corrected chi connectivity index (χ2v) is 4.88.